The van der Waals surface area contributed by atoms with E-state index in [1.807, 2.05) is 13.0 Å². The fourth-order valence-electron chi connectivity index (χ4n) is 3.92. The summed E-state index contributed by atoms with van der Waals surface area (Å²) in [6, 6.07) is 5.83. The summed E-state index contributed by atoms with van der Waals surface area (Å²) in [4.78, 5) is 12.2. The van der Waals surface area contributed by atoms with Gasteiger partial charge in [0.05, 0.1) is 28.5 Å². The van der Waals surface area contributed by atoms with E-state index < -0.39 is 0 Å². The second-order valence-corrected chi connectivity index (χ2v) is 7.65. The maximum Gasteiger partial charge on any atom is 0.275 e. The van der Waals surface area contributed by atoms with Gasteiger partial charge in [0.25, 0.3) is 17.4 Å². The quantitative estimate of drug-likeness (QED) is 0.535. The Morgan fingerprint density at radius 3 is 2.83 bits per heavy atom. The molecule has 3 aromatic rings. The van der Waals surface area contributed by atoms with E-state index in [4.69, 9.17) is 18.2 Å². The molecule has 1 aliphatic carbocycles. The van der Waals surface area contributed by atoms with E-state index in [2.05, 4.69) is 36.6 Å². The smallest absolute Gasteiger partial charge is 0.275 e. The number of rotatable bonds is 5. The van der Waals surface area contributed by atoms with E-state index in [0.29, 0.717) is 40.2 Å². The van der Waals surface area contributed by atoms with Crippen molar-refractivity contribution in [2.24, 2.45) is 0 Å². The van der Waals surface area contributed by atoms with E-state index >= 15 is 0 Å². The van der Waals surface area contributed by atoms with Gasteiger partial charge < -0.3 is 15.5 Å². The van der Waals surface area contributed by atoms with Crippen LogP contribution in [-0.4, -0.2) is 26.1 Å². The van der Waals surface area contributed by atoms with Crippen molar-refractivity contribution in [2.75, 3.05) is 17.2 Å². The average Bonchev–Trinajstić information content (AvgIpc) is 3.19. The topological polar surface area (TPSA) is 95.3 Å². The Morgan fingerprint density at radius 2 is 2.13 bits per heavy atom. The predicted molar refractivity (Wildman–Crippen MR) is 116 cm³/mol. The van der Waals surface area contributed by atoms with E-state index in [1.54, 1.807) is 6.07 Å². The molecule has 0 bridgehead atoms. The van der Waals surface area contributed by atoms with Gasteiger partial charge in [-0.2, -0.15) is 10.2 Å². The van der Waals surface area contributed by atoms with Crippen LogP contribution in [0, 0.1) is 17.9 Å². The van der Waals surface area contributed by atoms with Gasteiger partial charge in [0.2, 0.25) is 0 Å². The Morgan fingerprint density at radius 1 is 1.33 bits per heavy atom. The Bertz CT molecular complexity index is 1160. The lowest BCUT2D eigenvalue weighted by Crippen LogP contribution is -2.10. The second kappa shape index (κ2) is 8.56. The molecule has 2 heterocycles. The largest absolute Gasteiger partial charge is 0.365 e. The lowest BCUT2D eigenvalue weighted by molar-refractivity contribution is 0.444. The van der Waals surface area contributed by atoms with Crippen molar-refractivity contribution in [1.29, 1.82) is 5.26 Å². The summed E-state index contributed by atoms with van der Waals surface area (Å²) in [5, 5.41) is 20.9. The Balaban J connectivity index is 1.77. The van der Waals surface area contributed by atoms with Crippen molar-refractivity contribution < 1.29 is 0 Å². The summed E-state index contributed by atoms with van der Waals surface area (Å²) in [5.74, 6) is 1.43. The van der Waals surface area contributed by atoms with Gasteiger partial charge in [0, 0.05) is 6.54 Å². The first-order valence-electron chi connectivity index (χ1n) is 10.0. The molecular weight excluding hydrogens is 400 g/mol. The van der Waals surface area contributed by atoms with Crippen LogP contribution in [0.5, 0.6) is 0 Å². The number of benzene rings is 1. The van der Waals surface area contributed by atoms with Gasteiger partial charge in [-0.05, 0) is 43.4 Å². The molecule has 1 aliphatic rings. The summed E-state index contributed by atoms with van der Waals surface area (Å²) in [6.45, 7) is 9.94. The zero-order valence-electron chi connectivity index (χ0n) is 16.6. The van der Waals surface area contributed by atoms with Gasteiger partial charge >= 0.3 is 0 Å². The van der Waals surface area contributed by atoms with Crippen LogP contribution in [0.25, 0.3) is 10.5 Å². The predicted octanol–water partition coefficient (Wildman–Crippen LogP) is 5.42. The Labute approximate surface area is 179 Å². The molecule has 152 valence electrons. The number of nitriles is 1. The molecule has 9 heteroatoms. The van der Waals surface area contributed by atoms with E-state index in [1.165, 1.54) is 30.0 Å². The molecule has 0 aliphatic heterocycles. The first-order chi connectivity index (χ1) is 14.6. The van der Waals surface area contributed by atoms with Crippen molar-refractivity contribution in [2.45, 2.75) is 44.9 Å². The standard InChI is InChI=1S/C21H21ClN8/c1-3-25-19-20-26-12-17(24-2)30(20)29-21(28-19)27-16-10-13(11-23)9-15(18(16)22)14-7-5-4-6-8-14/h9-10,12,14H,3-8H2,1H3,(H2,25,27,28,29). The van der Waals surface area contributed by atoms with Crippen molar-refractivity contribution >= 4 is 40.5 Å². The third kappa shape index (κ3) is 3.74. The molecule has 0 unspecified atom stereocenters. The molecule has 1 fully saturated rings. The zero-order valence-corrected chi connectivity index (χ0v) is 17.4. The molecule has 30 heavy (non-hydrogen) atoms. The summed E-state index contributed by atoms with van der Waals surface area (Å²) < 4.78 is 1.45. The number of halogens is 1. The summed E-state index contributed by atoms with van der Waals surface area (Å²) in [7, 11) is 0. The fourth-order valence-corrected chi connectivity index (χ4v) is 4.23. The van der Waals surface area contributed by atoms with Gasteiger partial charge in [0.1, 0.15) is 0 Å². The second-order valence-electron chi connectivity index (χ2n) is 7.28. The Hall–Kier alpha value is -3.36. The van der Waals surface area contributed by atoms with Crippen LogP contribution in [-0.2, 0) is 0 Å². The normalized spacial score (nSPS) is 14.3. The highest BCUT2D eigenvalue weighted by atomic mass is 35.5. The van der Waals surface area contributed by atoms with Crippen LogP contribution in [0.15, 0.2) is 18.3 Å². The van der Waals surface area contributed by atoms with Crippen LogP contribution in [0.1, 0.15) is 56.1 Å². The van der Waals surface area contributed by atoms with E-state index in [0.717, 1.165) is 18.4 Å². The van der Waals surface area contributed by atoms with Crippen molar-refractivity contribution in [1.82, 2.24) is 19.6 Å². The number of fused-ring (bicyclic) bond motifs is 1. The molecule has 1 aromatic carbocycles. The highest BCUT2D eigenvalue weighted by molar-refractivity contribution is 6.34. The Kier molecular flexibility index (Phi) is 5.69. The average molecular weight is 421 g/mol. The summed E-state index contributed by atoms with van der Waals surface area (Å²) in [5.41, 5.74) is 2.60. The number of aromatic nitrogens is 4. The van der Waals surface area contributed by atoms with E-state index in [9.17, 15) is 5.26 Å². The fraction of sp³-hybridized carbons (Fsp3) is 0.381. The molecule has 1 saturated carbocycles. The van der Waals surface area contributed by atoms with E-state index in [-0.39, 0.29) is 11.8 Å². The van der Waals surface area contributed by atoms with Crippen LogP contribution < -0.4 is 10.6 Å². The minimum Gasteiger partial charge on any atom is -0.365 e. The number of hydrogen-bond acceptors (Lipinski definition) is 6. The maximum absolute atomic E-state index is 9.53. The van der Waals surface area contributed by atoms with Crippen LogP contribution in [0.4, 0.5) is 23.3 Å². The highest BCUT2D eigenvalue weighted by Crippen LogP contribution is 2.40. The molecule has 2 aromatic heterocycles. The SMILES string of the molecule is [C-]#[N+]c1cnc2c(NCC)nc(Nc3cc(C#N)cc(C4CCCCC4)c3Cl)nn12. The maximum atomic E-state index is 9.53. The lowest BCUT2D eigenvalue weighted by Gasteiger charge is -2.24. The number of hydrogen-bond donors (Lipinski definition) is 2. The highest BCUT2D eigenvalue weighted by Gasteiger charge is 2.22. The van der Waals surface area contributed by atoms with Gasteiger partial charge in [-0.15, -0.1) is 4.52 Å². The van der Waals surface area contributed by atoms with Crippen LogP contribution >= 0.6 is 11.6 Å². The van der Waals surface area contributed by atoms with Gasteiger partial charge in [-0.1, -0.05) is 42.5 Å². The number of nitrogens with one attached hydrogen (secondary N) is 2. The summed E-state index contributed by atoms with van der Waals surface area (Å²) >= 11 is 6.77. The number of nitrogens with zero attached hydrogens (tertiary/aromatic N) is 6. The molecule has 0 saturated heterocycles. The van der Waals surface area contributed by atoms with Crippen LogP contribution in [0.2, 0.25) is 5.02 Å². The molecule has 2 N–H and O–H groups in total. The third-order valence-electron chi connectivity index (χ3n) is 5.32. The first-order valence-corrected chi connectivity index (χ1v) is 10.4. The number of anilines is 3. The minimum absolute atomic E-state index is 0.271. The molecule has 0 radical (unpaired) electrons. The molecule has 0 amide bonds. The van der Waals surface area contributed by atoms with Crippen molar-refractivity contribution in [3.05, 3.63) is 45.9 Å². The van der Waals surface area contributed by atoms with Gasteiger partial charge in [-0.3, -0.25) is 0 Å². The van der Waals surface area contributed by atoms with Crippen LogP contribution in [0.3, 0.4) is 0 Å². The monoisotopic (exact) mass is 420 g/mol. The zero-order chi connectivity index (χ0) is 21.1. The molecule has 0 atom stereocenters. The molecule has 4 rings (SSSR count). The third-order valence-corrected chi connectivity index (χ3v) is 5.75. The van der Waals surface area contributed by atoms with Crippen molar-refractivity contribution in [3.8, 4) is 6.07 Å². The summed E-state index contributed by atoms with van der Waals surface area (Å²) in [6.07, 6.45) is 7.20. The molecular formula is C21H21ClN8. The minimum atomic E-state index is 0.271. The number of imidazole rings is 1. The van der Waals surface area contributed by atoms with Crippen molar-refractivity contribution in [3.63, 3.8) is 0 Å². The van der Waals surface area contributed by atoms with Gasteiger partial charge in [-0.25, -0.2) is 4.98 Å². The molecule has 0 spiro atoms. The first kappa shape index (κ1) is 19.9. The molecule has 8 nitrogen and oxygen atoms in total. The van der Waals surface area contributed by atoms with Gasteiger partial charge in [0.15, 0.2) is 5.82 Å². The lowest BCUT2D eigenvalue weighted by atomic mass is 9.83.